The highest BCUT2D eigenvalue weighted by Gasteiger charge is 2.27. The van der Waals surface area contributed by atoms with E-state index in [-0.39, 0.29) is 11.9 Å². The van der Waals surface area contributed by atoms with Gasteiger partial charge in [0.2, 0.25) is 0 Å². The number of rotatable bonds is 8. The van der Waals surface area contributed by atoms with Gasteiger partial charge in [0.25, 0.3) is 0 Å². The van der Waals surface area contributed by atoms with Gasteiger partial charge in [-0.3, -0.25) is 14.7 Å². The lowest BCUT2D eigenvalue weighted by Crippen LogP contribution is -2.51. The summed E-state index contributed by atoms with van der Waals surface area (Å²) in [5, 5.41) is 3.58. The number of hydrogen-bond donors (Lipinski definition) is 1. The monoisotopic (exact) mass is 388 g/mol. The van der Waals surface area contributed by atoms with Crippen molar-refractivity contribution < 1.29 is 9.53 Å². The van der Waals surface area contributed by atoms with Crippen molar-refractivity contribution in [1.82, 2.24) is 15.1 Å². The van der Waals surface area contributed by atoms with Crippen LogP contribution in [-0.2, 0) is 16.0 Å². The van der Waals surface area contributed by atoms with Gasteiger partial charge in [-0.1, -0.05) is 44.2 Å². The van der Waals surface area contributed by atoms with E-state index < -0.39 is 0 Å². The third-order valence-electron chi connectivity index (χ3n) is 5.68. The van der Waals surface area contributed by atoms with Gasteiger partial charge < -0.3 is 15.0 Å². The SMILES string of the molecule is CCN(CC)C(CNC(=NC)N1CCC(C(=O)OC)CC1)Cc1ccccc1. The van der Waals surface area contributed by atoms with Crippen LogP contribution in [0.2, 0.25) is 0 Å². The molecule has 1 unspecified atom stereocenters. The van der Waals surface area contributed by atoms with E-state index in [0.29, 0.717) is 6.04 Å². The first-order valence-electron chi connectivity index (χ1n) is 10.4. The zero-order valence-electron chi connectivity index (χ0n) is 17.9. The topological polar surface area (TPSA) is 57.2 Å². The lowest BCUT2D eigenvalue weighted by Gasteiger charge is -2.35. The standard InChI is InChI=1S/C22H36N4O2/c1-5-25(6-2)20(16-18-10-8-7-9-11-18)17-24-22(23-3)26-14-12-19(13-15-26)21(27)28-4/h7-11,19-20H,5-6,12-17H2,1-4H3,(H,23,24). The van der Waals surface area contributed by atoms with Crippen molar-refractivity contribution in [2.24, 2.45) is 10.9 Å². The molecule has 1 saturated heterocycles. The predicted octanol–water partition coefficient (Wildman–Crippen LogP) is 2.40. The van der Waals surface area contributed by atoms with Crippen LogP contribution in [0.3, 0.4) is 0 Å². The Morgan fingerprint density at radius 2 is 1.89 bits per heavy atom. The second-order valence-electron chi connectivity index (χ2n) is 7.28. The molecule has 1 fully saturated rings. The fourth-order valence-electron chi connectivity index (χ4n) is 3.99. The second-order valence-corrected chi connectivity index (χ2v) is 7.28. The molecule has 6 nitrogen and oxygen atoms in total. The number of carbonyl (C=O) groups excluding carboxylic acids is 1. The lowest BCUT2D eigenvalue weighted by molar-refractivity contribution is -0.146. The minimum Gasteiger partial charge on any atom is -0.469 e. The molecule has 6 heteroatoms. The van der Waals surface area contributed by atoms with Crippen molar-refractivity contribution in [3.8, 4) is 0 Å². The highest BCUT2D eigenvalue weighted by Crippen LogP contribution is 2.18. The fourth-order valence-corrected chi connectivity index (χ4v) is 3.99. The minimum absolute atomic E-state index is 0.0147. The molecule has 0 bridgehead atoms. The highest BCUT2D eigenvalue weighted by molar-refractivity contribution is 5.80. The predicted molar refractivity (Wildman–Crippen MR) is 115 cm³/mol. The molecule has 2 rings (SSSR count). The molecule has 1 N–H and O–H groups in total. The maximum absolute atomic E-state index is 11.8. The van der Waals surface area contributed by atoms with E-state index in [1.807, 2.05) is 7.05 Å². The second kappa shape index (κ2) is 11.7. The van der Waals surface area contributed by atoms with Crippen molar-refractivity contribution in [3.63, 3.8) is 0 Å². The number of methoxy groups -OCH3 is 1. The first kappa shape index (κ1) is 22.2. The molecule has 0 spiro atoms. The maximum atomic E-state index is 11.8. The number of hydrogen-bond acceptors (Lipinski definition) is 4. The molecule has 1 aliphatic rings. The Labute approximate surface area is 170 Å². The van der Waals surface area contributed by atoms with Gasteiger partial charge in [-0.25, -0.2) is 0 Å². The summed E-state index contributed by atoms with van der Waals surface area (Å²) >= 11 is 0. The van der Waals surface area contributed by atoms with Gasteiger partial charge in [-0.15, -0.1) is 0 Å². The summed E-state index contributed by atoms with van der Waals surface area (Å²) in [4.78, 5) is 21.0. The number of esters is 1. The molecule has 1 heterocycles. The Kier molecular flexibility index (Phi) is 9.28. The van der Waals surface area contributed by atoms with Crippen molar-refractivity contribution in [3.05, 3.63) is 35.9 Å². The summed E-state index contributed by atoms with van der Waals surface area (Å²) in [6.45, 7) is 8.99. The van der Waals surface area contributed by atoms with Gasteiger partial charge in [-0.05, 0) is 37.9 Å². The van der Waals surface area contributed by atoms with Crippen LogP contribution in [0.4, 0.5) is 0 Å². The molecular weight excluding hydrogens is 352 g/mol. The van der Waals surface area contributed by atoms with Gasteiger partial charge in [0.05, 0.1) is 13.0 Å². The van der Waals surface area contributed by atoms with E-state index in [9.17, 15) is 4.79 Å². The third kappa shape index (κ3) is 6.23. The van der Waals surface area contributed by atoms with Crippen LogP contribution in [0, 0.1) is 5.92 Å². The van der Waals surface area contributed by atoms with E-state index in [0.717, 1.165) is 57.9 Å². The lowest BCUT2D eigenvalue weighted by atomic mass is 9.97. The molecule has 0 aromatic heterocycles. The molecule has 156 valence electrons. The quantitative estimate of drug-likeness (QED) is 0.421. The van der Waals surface area contributed by atoms with E-state index in [4.69, 9.17) is 4.74 Å². The van der Waals surface area contributed by atoms with Crippen LogP contribution in [0.5, 0.6) is 0 Å². The molecule has 0 amide bonds. The number of ether oxygens (including phenoxy) is 1. The number of nitrogens with one attached hydrogen (secondary N) is 1. The van der Waals surface area contributed by atoms with Gasteiger partial charge >= 0.3 is 5.97 Å². The van der Waals surface area contributed by atoms with Crippen LogP contribution >= 0.6 is 0 Å². The zero-order valence-corrected chi connectivity index (χ0v) is 17.9. The van der Waals surface area contributed by atoms with Gasteiger partial charge in [0.1, 0.15) is 0 Å². The number of likely N-dealkylation sites (N-methyl/N-ethyl adjacent to an activating group) is 1. The Hall–Kier alpha value is -2.08. The molecule has 0 radical (unpaired) electrons. The molecule has 28 heavy (non-hydrogen) atoms. The fraction of sp³-hybridized carbons (Fsp3) is 0.636. The van der Waals surface area contributed by atoms with Crippen molar-refractivity contribution in [2.45, 2.75) is 39.2 Å². The van der Waals surface area contributed by atoms with Gasteiger partial charge in [0.15, 0.2) is 5.96 Å². The highest BCUT2D eigenvalue weighted by atomic mass is 16.5. The first-order valence-corrected chi connectivity index (χ1v) is 10.4. The van der Waals surface area contributed by atoms with Crippen LogP contribution in [0.1, 0.15) is 32.3 Å². The van der Waals surface area contributed by atoms with Crippen LogP contribution in [0.25, 0.3) is 0 Å². The van der Waals surface area contributed by atoms with Crippen LogP contribution in [0.15, 0.2) is 35.3 Å². The summed E-state index contributed by atoms with van der Waals surface area (Å²) < 4.78 is 4.89. The number of benzene rings is 1. The van der Waals surface area contributed by atoms with Crippen molar-refractivity contribution >= 4 is 11.9 Å². The number of piperidine rings is 1. The number of carbonyl (C=O) groups is 1. The minimum atomic E-state index is -0.0907. The Morgan fingerprint density at radius 1 is 1.25 bits per heavy atom. The largest absolute Gasteiger partial charge is 0.469 e. The third-order valence-corrected chi connectivity index (χ3v) is 5.68. The molecule has 1 atom stereocenters. The number of likely N-dealkylation sites (tertiary alicyclic amines) is 1. The molecule has 1 aromatic rings. The summed E-state index contributed by atoms with van der Waals surface area (Å²) in [5.41, 5.74) is 1.36. The summed E-state index contributed by atoms with van der Waals surface area (Å²) in [5.74, 6) is 0.849. The number of guanidine groups is 1. The molecule has 1 aromatic carbocycles. The van der Waals surface area contributed by atoms with Crippen LogP contribution in [-0.4, -0.2) is 74.7 Å². The maximum Gasteiger partial charge on any atom is 0.308 e. The van der Waals surface area contributed by atoms with Gasteiger partial charge in [0, 0.05) is 32.7 Å². The zero-order chi connectivity index (χ0) is 20.4. The normalized spacial score (nSPS) is 16.9. The van der Waals surface area contributed by atoms with E-state index in [1.54, 1.807) is 0 Å². The van der Waals surface area contributed by atoms with E-state index >= 15 is 0 Å². The average Bonchev–Trinajstić information content (AvgIpc) is 2.75. The summed E-state index contributed by atoms with van der Waals surface area (Å²) in [6, 6.07) is 11.1. The Bertz CT molecular complexity index is 608. The van der Waals surface area contributed by atoms with Crippen molar-refractivity contribution in [2.75, 3.05) is 46.9 Å². The Balaban J connectivity index is 1.95. The van der Waals surface area contributed by atoms with E-state index in [1.165, 1.54) is 12.7 Å². The molecule has 1 aliphatic heterocycles. The summed E-state index contributed by atoms with van der Waals surface area (Å²) in [7, 11) is 3.30. The molecule has 0 aliphatic carbocycles. The number of nitrogens with zero attached hydrogens (tertiary/aromatic N) is 3. The molecule has 0 saturated carbocycles. The summed E-state index contributed by atoms with van der Waals surface area (Å²) in [6.07, 6.45) is 2.64. The van der Waals surface area contributed by atoms with E-state index in [2.05, 4.69) is 64.3 Å². The van der Waals surface area contributed by atoms with Crippen LogP contribution < -0.4 is 5.32 Å². The average molecular weight is 389 g/mol. The van der Waals surface area contributed by atoms with Gasteiger partial charge in [-0.2, -0.15) is 0 Å². The smallest absolute Gasteiger partial charge is 0.308 e. The Morgan fingerprint density at radius 3 is 2.43 bits per heavy atom. The van der Waals surface area contributed by atoms with Crippen molar-refractivity contribution in [1.29, 1.82) is 0 Å². The molecular formula is C22H36N4O2. The first-order chi connectivity index (χ1) is 13.6. The number of aliphatic imine (C=N–C) groups is 1.